The van der Waals surface area contributed by atoms with Gasteiger partial charge in [0.05, 0.1) is 18.4 Å². The van der Waals surface area contributed by atoms with E-state index in [9.17, 15) is 23.6 Å². The van der Waals surface area contributed by atoms with Gasteiger partial charge in [0.25, 0.3) is 11.5 Å². The zero-order chi connectivity index (χ0) is 24.1. The molecule has 0 aliphatic carbocycles. The van der Waals surface area contributed by atoms with E-state index < -0.39 is 42.0 Å². The number of hydrogen-bond acceptors (Lipinski definition) is 9. The van der Waals surface area contributed by atoms with Gasteiger partial charge in [-0.15, -0.1) is 0 Å². The fourth-order valence-electron chi connectivity index (χ4n) is 2.76. The van der Waals surface area contributed by atoms with Crippen molar-refractivity contribution >= 4 is 40.6 Å². The molecule has 0 saturated carbocycles. The fraction of sp³-hybridized carbons (Fsp3) is 0.211. The Labute approximate surface area is 183 Å². The Kier molecular flexibility index (Phi) is 6.76. The summed E-state index contributed by atoms with van der Waals surface area (Å²) in [5.41, 5.74) is 6.16. The van der Waals surface area contributed by atoms with Crippen LogP contribution in [0.5, 0.6) is 0 Å². The molecule has 0 fully saturated rings. The molecule has 14 heteroatoms. The first kappa shape index (κ1) is 23.1. The summed E-state index contributed by atoms with van der Waals surface area (Å²) in [5, 5.41) is 22.8. The summed E-state index contributed by atoms with van der Waals surface area (Å²) in [6.07, 6.45) is -1.92. The number of hydrogen-bond donors (Lipinski definition) is 6. The number of amides is 1. The number of benzene rings is 1. The quantitative estimate of drug-likeness (QED) is 0.248. The van der Waals surface area contributed by atoms with Gasteiger partial charge in [0.15, 0.2) is 17.3 Å². The van der Waals surface area contributed by atoms with Crippen LogP contribution in [-0.4, -0.2) is 60.2 Å². The molecule has 7 N–H and O–H groups in total. The molecule has 3 aromatic rings. The third-order valence-electron chi connectivity index (χ3n) is 4.42. The molecule has 1 aromatic carbocycles. The zero-order valence-corrected chi connectivity index (χ0v) is 16.8. The van der Waals surface area contributed by atoms with Gasteiger partial charge in [-0.2, -0.15) is 4.98 Å². The molecule has 0 aliphatic rings. The van der Waals surface area contributed by atoms with Gasteiger partial charge >= 0.3 is 11.9 Å². The second-order valence-corrected chi connectivity index (χ2v) is 6.82. The van der Waals surface area contributed by atoms with E-state index in [1.165, 1.54) is 30.5 Å². The predicted molar refractivity (Wildman–Crippen MR) is 112 cm³/mol. The third kappa shape index (κ3) is 5.75. The number of carbonyl (C=O) groups is 3. The van der Waals surface area contributed by atoms with Crippen molar-refractivity contribution < 1.29 is 29.0 Å². The molecular formula is C19H18FN7O6. The highest BCUT2D eigenvalue weighted by Crippen LogP contribution is 2.12. The number of nitrogens with zero attached hydrogens (tertiary/aromatic N) is 3. The molecule has 3 rings (SSSR count). The van der Waals surface area contributed by atoms with Crippen molar-refractivity contribution in [1.29, 1.82) is 0 Å². The van der Waals surface area contributed by atoms with E-state index in [1.807, 2.05) is 0 Å². The van der Waals surface area contributed by atoms with Crippen LogP contribution in [0.4, 0.5) is 16.0 Å². The molecule has 0 spiro atoms. The minimum absolute atomic E-state index is 0.0296. The van der Waals surface area contributed by atoms with E-state index in [0.29, 0.717) is 11.4 Å². The standard InChI is InChI=1S/C19H18FN7O6/c20-11(17(30)31)5-12(18(32)33)25-15(28)8-1-3-9(4-2-8)22-6-10-7-23-14-13(24-10)16(29)27-19(21)26-14/h1-4,7,11-12,22H,5-6H2,(H,25,28)(H,30,31)(H,32,33)(H3,21,23,26,27,29)/t11-,12-/m0/s1. The number of halogens is 1. The monoisotopic (exact) mass is 459 g/mol. The van der Waals surface area contributed by atoms with Crippen molar-refractivity contribution in [3.8, 4) is 0 Å². The van der Waals surface area contributed by atoms with E-state index in [2.05, 4.69) is 30.6 Å². The normalized spacial score (nSPS) is 12.6. The van der Waals surface area contributed by atoms with Crippen LogP contribution in [0.1, 0.15) is 22.5 Å². The Morgan fingerprint density at radius 3 is 2.45 bits per heavy atom. The lowest BCUT2D eigenvalue weighted by Crippen LogP contribution is -2.43. The van der Waals surface area contributed by atoms with Crippen LogP contribution < -0.4 is 21.9 Å². The average molecular weight is 459 g/mol. The molecule has 0 saturated heterocycles. The SMILES string of the molecule is Nc1nc2ncc(CNc3ccc(C(=O)N[C@@H](C[C@H](F)C(=O)O)C(=O)O)cc3)nc2c(=O)[nH]1. The molecule has 0 unspecified atom stereocenters. The number of alkyl halides is 1. The number of carboxylic acid groups (broad SMARTS) is 2. The maximum Gasteiger partial charge on any atom is 0.338 e. The van der Waals surface area contributed by atoms with Gasteiger partial charge in [-0.3, -0.25) is 14.6 Å². The number of carboxylic acids is 2. The number of nitrogens with two attached hydrogens (primary N) is 1. The predicted octanol–water partition coefficient (Wildman–Crippen LogP) is -0.0968. The topological polar surface area (TPSA) is 213 Å². The number of fused-ring (bicyclic) bond motifs is 1. The Hall–Kier alpha value is -4.62. The van der Waals surface area contributed by atoms with Crippen molar-refractivity contribution in [3.05, 3.63) is 52.1 Å². The van der Waals surface area contributed by atoms with Crippen LogP contribution in [0.15, 0.2) is 35.3 Å². The molecule has 13 nitrogen and oxygen atoms in total. The minimum atomic E-state index is -2.43. The van der Waals surface area contributed by atoms with Crippen LogP contribution in [-0.2, 0) is 16.1 Å². The van der Waals surface area contributed by atoms with Gasteiger partial charge in [-0.1, -0.05) is 0 Å². The van der Waals surface area contributed by atoms with Crippen molar-refractivity contribution in [2.24, 2.45) is 0 Å². The van der Waals surface area contributed by atoms with Crippen LogP contribution in [0, 0.1) is 0 Å². The number of nitrogen functional groups attached to an aromatic ring is 1. The smallest absolute Gasteiger partial charge is 0.338 e. The molecule has 33 heavy (non-hydrogen) atoms. The Bertz CT molecular complexity index is 1260. The number of aromatic amines is 1. The first-order chi connectivity index (χ1) is 15.6. The van der Waals surface area contributed by atoms with Gasteiger partial charge < -0.3 is 26.6 Å². The molecule has 2 heterocycles. The molecule has 1 amide bonds. The van der Waals surface area contributed by atoms with Gasteiger partial charge in [0, 0.05) is 17.7 Å². The number of carbonyl (C=O) groups excluding carboxylic acids is 1. The van der Waals surface area contributed by atoms with Crippen LogP contribution in [0.3, 0.4) is 0 Å². The Morgan fingerprint density at radius 2 is 1.82 bits per heavy atom. The molecule has 2 atom stereocenters. The highest BCUT2D eigenvalue weighted by Gasteiger charge is 2.28. The first-order valence-electron chi connectivity index (χ1n) is 9.40. The van der Waals surface area contributed by atoms with Crippen LogP contribution >= 0.6 is 0 Å². The van der Waals surface area contributed by atoms with Crippen molar-refractivity contribution in [1.82, 2.24) is 25.3 Å². The zero-order valence-electron chi connectivity index (χ0n) is 16.8. The summed E-state index contributed by atoms with van der Waals surface area (Å²) in [7, 11) is 0. The van der Waals surface area contributed by atoms with E-state index in [0.717, 1.165) is 0 Å². The van der Waals surface area contributed by atoms with Crippen molar-refractivity contribution in [3.63, 3.8) is 0 Å². The average Bonchev–Trinajstić information content (AvgIpc) is 2.77. The Balaban J connectivity index is 1.63. The lowest BCUT2D eigenvalue weighted by molar-refractivity contribution is -0.145. The van der Waals surface area contributed by atoms with E-state index in [1.54, 1.807) is 0 Å². The van der Waals surface area contributed by atoms with E-state index >= 15 is 0 Å². The summed E-state index contributed by atoms with van der Waals surface area (Å²) in [6, 6.07) is 4.14. The molecule has 172 valence electrons. The summed E-state index contributed by atoms with van der Waals surface area (Å²) in [6.45, 7) is 0.187. The number of anilines is 2. The lowest BCUT2D eigenvalue weighted by atomic mass is 10.1. The fourth-order valence-corrected chi connectivity index (χ4v) is 2.76. The number of nitrogens with one attached hydrogen (secondary N) is 3. The largest absolute Gasteiger partial charge is 0.480 e. The summed E-state index contributed by atoms with van der Waals surface area (Å²) in [4.78, 5) is 60.4. The highest BCUT2D eigenvalue weighted by atomic mass is 19.1. The van der Waals surface area contributed by atoms with Gasteiger partial charge in [-0.25, -0.2) is 23.9 Å². The minimum Gasteiger partial charge on any atom is -0.480 e. The molecule has 0 aliphatic heterocycles. The van der Waals surface area contributed by atoms with Gasteiger partial charge in [0.1, 0.15) is 6.04 Å². The molecule has 2 aromatic heterocycles. The number of aromatic nitrogens is 4. The van der Waals surface area contributed by atoms with Crippen LogP contribution in [0.2, 0.25) is 0 Å². The third-order valence-corrected chi connectivity index (χ3v) is 4.42. The number of aliphatic carboxylic acids is 2. The maximum absolute atomic E-state index is 13.3. The molecule has 0 radical (unpaired) electrons. The molecular weight excluding hydrogens is 441 g/mol. The summed E-state index contributed by atoms with van der Waals surface area (Å²) in [5.74, 6) is -4.25. The van der Waals surface area contributed by atoms with E-state index in [-0.39, 0.29) is 29.2 Å². The highest BCUT2D eigenvalue weighted by molar-refractivity contribution is 5.97. The summed E-state index contributed by atoms with van der Waals surface area (Å²) < 4.78 is 13.3. The van der Waals surface area contributed by atoms with E-state index in [4.69, 9.17) is 15.9 Å². The number of rotatable bonds is 9. The van der Waals surface area contributed by atoms with Crippen LogP contribution in [0.25, 0.3) is 11.2 Å². The number of H-pyrrole nitrogens is 1. The second kappa shape index (κ2) is 9.67. The second-order valence-electron chi connectivity index (χ2n) is 6.82. The maximum atomic E-state index is 13.3. The van der Waals surface area contributed by atoms with Crippen molar-refractivity contribution in [2.45, 2.75) is 25.2 Å². The van der Waals surface area contributed by atoms with Gasteiger partial charge in [0.2, 0.25) is 5.95 Å². The Morgan fingerprint density at radius 1 is 1.12 bits per heavy atom. The van der Waals surface area contributed by atoms with Gasteiger partial charge in [-0.05, 0) is 24.3 Å². The molecule has 0 bridgehead atoms. The lowest BCUT2D eigenvalue weighted by Gasteiger charge is -2.15. The summed E-state index contributed by atoms with van der Waals surface area (Å²) >= 11 is 0. The first-order valence-corrected chi connectivity index (χ1v) is 9.40. The van der Waals surface area contributed by atoms with Crippen molar-refractivity contribution in [2.75, 3.05) is 11.1 Å².